The Labute approximate surface area is 117 Å². The molecule has 1 saturated carbocycles. The van der Waals surface area contributed by atoms with Crippen LogP contribution in [0.3, 0.4) is 0 Å². The molecule has 94 valence electrons. The van der Waals surface area contributed by atoms with Crippen molar-refractivity contribution in [2.45, 2.75) is 38.6 Å². The zero-order valence-corrected chi connectivity index (χ0v) is 12.4. The van der Waals surface area contributed by atoms with Crippen LogP contribution < -0.4 is 5.32 Å². The van der Waals surface area contributed by atoms with Gasteiger partial charge in [0, 0.05) is 11.0 Å². The first-order valence-corrected chi connectivity index (χ1v) is 7.57. The summed E-state index contributed by atoms with van der Waals surface area (Å²) in [5, 5.41) is 4.29. The number of nitrogens with one attached hydrogen (secondary N) is 1. The topological polar surface area (TPSA) is 12.0 Å². The van der Waals surface area contributed by atoms with Crippen molar-refractivity contribution in [1.29, 1.82) is 0 Å². The normalized spacial score (nSPS) is 16.6. The van der Waals surface area contributed by atoms with Crippen LogP contribution in [0.15, 0.2) is 22.7 Å². The Morgan fingerprint density at radius 3 is 2.76 bits per heavy atom. The van der Waals surface area contributed by atoms with E-state index >= 15 is 0 Å². The van der Waals surface area contributed by atoms with Crippen LogP contribution in [0.25, 0.3) is 0 Å². The molecule has 0 bridgehead atoms. The van der Waals surface area contributed by atoms with Crippen molar-refractivity contribution in [1.82, 2.24) is 5.32 Å². The Hall–Kier alpha value is -0.0500. The minimum atomic E-state index is 0.792. The lowest BCUT2D eigenvalue weighted by atomic mass is 10.0. The largest absolute Gasteiger partial charge is 0.313 e. The van der Waals surface area contributed by atoms with Crippen molar-refractivity contribution >= 4 is 27.5 Å². The summed E-state index contributed by atoms with van der Waals surface area (Å²) in [5.41, 5.74) is 1.25. The number of benzene rings is 1. The molecule has 0 saturated heterocycles. The van der Waals surface area contributed by atoms with E-state index in [4.69, 9.17) is 11.6 Å². The molecule has 17 heavy (non-hydrogen) atoms. The third-order valence-corrected chi connectivity index (χ3v) is 4.75. The van der Waals surface area contributed by atoms with Crippen LogP contribution in [0.2, 0.25) is 5.02 Å². The standard InChI is InChI=1S/C14H19BrClN/c15-13-6-5-12(9-14(13)16)10-17-8-7-11-3-1-2-4-11/h5-6,9,11,17H,1-4,7-8,10H2. The van der Waals surface area contributed by atoms with Crippen LogP contribution >= 0.6 is 27.5 Å². The zero-order chi connectivity index (χ0) is 12.1. The average molecular weight is 317 g/mol. The SMILES string of the molecule is Clc1cc(CNCCC2CCCC2)ccc1Br. The molecule has 2 rings (SSSR count). The Balaban J connectivity index is 1.68. The molecule has 1 N–H and O–H groups in total. The summed E-state index contributed by atoms with van der Waals surface area (Å²) in [6, 6.07) is 6.14. The van der Waals surface area contributed by atoms with E-state index in [1.165, 1.54) is 37.7 Å². The molecule has 1 aliphatic carbocycles. The third kappa shape index (κ3) is 4.27. The molecule has 0 spiro atoms. The lowest BCUT2D eigenvalue weighted by Crippen LogP contribution is -2.17. The van der Waals surface area contributed by atoms with Crippen molar-refractivity contribution in [3.05, 3.63) is 33.3 Å². The van der Waals surface area contributed by atoms with Crippen molar-refractivity contribution in [3.63, 3.8) is 0 Å². The second-order valence-electron chi connectivity index (χ2n) is 4.86. The van der Waals surface area contributed by atoms with Gasteiger partial charge in [-0.25, -0.2) is 0 Å². The molecule has 0 radical (unpaired) electrons. The van der Waals surface area contributed by atoms with E-state index in [2.05, 4.69) is 27.3 Å². The molecule has 0 amide bonds. The minimum absolute atomic E-state index is 0.792. The molecule has 0 aromatic heterocycles. The maximum Gasteiger partial charge on any atom is 0.0551 e. The molecule has 1 fully saturated rings. The van der Waals surface area contributed by atoms with Gasteiger partial charge in [0.15, 0.2) is 0 Å². The Bertz CT molecular complexity index is 361. The van der Waals surface area contributed by atoms with Gasteiger partial charge < -0.3 is 5.32 Å². The zero-order valence-electron chi connectivity index (χ0n) is 10.0. The van der Waals surface area contributed by atoms with Gasteiger partial charge in [0.25, 0.3) is 0 Å². The Kier molecular flexibility index (Phi) is 5.33. The van der Waals surface area contributed by atoms with Crippen molar-refractivity contribution in [3.8, 4) is 0 Å². The summed E-state index contributed by atoms with van der Waals surface area (Å²) < 4.78 is 0.967. The smallest absolute Gasteiger partial charge is 0.0551 e. The van der Waals surface area contributed by atoms with E-state index in [1.54, 1.807) is 0 Å². The first-order chi connectivity index (χ1) is 8.25. The van der Waals surface area contributed by atoms with Crippen molar-refractivity contribution in [2.75, 3.05) is 6.54 Å². The van der Waals surface area contributed by atoms with E-state index in [1.807, 2.05) is 12.1 Å². The van der Waals surface area contributed by atoms with Gasteiger partial charge in [0.05, 0.1) is 5.02 Å². The fourth-order valence-electron chi connectivity index (χ4n) is 2.49. The predicted octanol–water partition coefficient (Wildman–Crippen LogP) is 4.77. The number of hydrogen-bond acceptors (Lipinski definition) is 1. The van der Waals surface area contributed by atoms with Crippen LogP contribution in [-0.4, -0.2) is 6.54 Å². The molecule has 0 unspecified atom stereocenters. The van der Waals surface area contributed by atoms with E-state index in [9.17, 15) is 0 Å². The fraction of sp³-hybridized carbons (Fsp3) is 0.571. The predicted molar refractivity (Wildman–Crippen MR) is 77.4 cm³/mol. The lowest BCUT2D eigenvalue weighted by molar-refractivity contribution is 0.477. The van der Waals surface area contributed by atoms with Gasteiger partial charge in [-0.1, -0.05) is 43.4 Å². The van der Waals surface area contributed by atoms with Gasteiger partial charge in [-0.05, 0) is 52.5 Å². The quantitative estimate of drug-likeness (QED) is 0.771. The number of halogens is 2. The van der Waals surface area contributed by atoms with E-state index in [0.717, 1.165) is 28.5 Å². The van der Waals surface area contributed by atoms with Crippen LogP contribution in [0.5, 0.6) is 0 Å². The first-order valence-electron chi connectivity index (χ1n) is 6.40. The van der Waals surface area contributed by atoms with Gasteiger partial charge in [-0.3, -0.25) is 0 Å². The summed E-state index contributed by atoms with van der Waals surface area (Å²) >= 11 is 9.46. The average Bonchev–Trinajstić information content (AvgIpc) is 2.82. The van der Waals surface area contributed by atoms with Crippen LogP contribution in [0.1, 0.15) is 37.7 Å². The lowest BCUT2D eigenvalue weighted by Gasteiger charge is -2.10. The van der Waals surface area contributed by atoms with Gasteiger partial charge in [0.1, 0.15) is 0 Å². The van der Waals surface area contributed by atoms with Crippen LogP contribution in [0, 0.1) is 5.92 Å². The highest BCUT2D eigenvalue weighted by molar-refractivity contribution is 9.10. The molecular weight excluding hydrogens is 298 g/mol. The van der Waals surface area contributed by atoms with Crippen LogP contribution in [0.4, 0.5) is 0 Å². The summed E-state index contributed by atoms with van der Waals surface area (Å²) in [4.78, 5) is 0. The molecule has 1 nitrogen and oxygen atoms in total. The van der Waals surface area contributed by atoms with Gasteiger partial charge in [-0.15, -0.1) is 0 Å². The summed E-state index contributed by atoms with van der Waals surface area (Å²) in [6.45, 7) is 2.04. The maximum atomic E-state index is 6.06. The monoisotopic (exact) mass is 315 g/mol. The number of rotatable bonds is 5. The van der Waals surface area contributed by atoms with Crippen molar-refractivity contribution < 1.29 is 0 Å². The Morgan fingerprint density at radius 2 is 2.06 bits per heavy atom. The maximum absolute atomic E-state index is 6.06. The second-order valence-corrected chi connectivity index (χ2v) is 6.13. The fourth-order valence-corrected chi connectivity index (χ4v) is 2.94. The van der Waals surface area contributed by atoms with Crippen LogP contribution in [-0.2, 0) is 6.54 Å². The van der Waals surface area contributed by atoms with Gasteiger partial charge in [0.2, 0.25) is 0 Å². The summed E-state index contributed by atoms with van der Waals surface area (Å²) in [5.74, 6) is 0.969. The van der Waals surface area contributed by atoms with E-state index in [0.29, 0.717) is 0 Å². The summed E-state index contributed by atoms with van der Waals surface area (Å²) in [7, 11) is 0. The molecule has 3 heteroatoms. The second kappa shape index (κ2) is 6.77. The van der Waals surface area contributed by atoms with Crippen molar-refractivity contribution in [2.24, 2.45) is 5.92 Å². The molecule has 0 aliphatic heterocycles. The third-order valence-electron chi connectivity index (χ3n) is 3.52. The van der Waals surface area contributed by atoms with Gasteiger partial charge >= 0.3 is 0 Å². The highest BCUT2D eigenvalue weighted by atomic mass is 79.9. The molecule has 0 atom stereocenters. The number of hydrogen-bond donors (Lipinski definition) is 1. The highest BCUT2D eigenvalue weighted by Crippen LogP contribution is 2.27. The molecule has 0 heterocycles. The highest BCUT2D eigenvalue weighted by Gasteiger charge is 2.13. The molecule has 1 aromatic carbocycles. The Morgan fingerprint density at radius 1 is 1.29 bits per heavy atom. The van der Waals surface area contributed by atoms with E-state index < -0.39 is 0 Å². The minimum Gasteiger partial charge on any atom is -0.313 e. The first kappa shape index (κ1) is 13.4. The van der Waals surface area contributed by atoms with Gasteiger partial charge in [-0.2, -0.15) is 0 Å². The molecule has 1 aliphatic rings. The molecule has 1 aromatic rings. The molecular formula is C14H19BrClN. The summed E-state index contributed by atoms with van der Waals surface area (Å²) in [6.07, 6.45) is 7.07. The van der Waals surface area contributed by atoms with E-state index in [-0.39, 0.29) is 0 Å².